The molecule has 2 fully saturated rings. The lowest BCUT2D eigenvalue weighted by Crippen LogP contribution is -2.41. The predicted molar refractivity (Wildman–Crippen MR) is 109 cm³/mol. The van der Waals surface area contributed by atoms with Crippen LogP contribution in [0.25, 0.3) is 11.1 Å². The van der Waals surface area contributed by atoms with Gasteiger partial charge in [0.25, 0.3) is 5.91 Å². The normalized spacial score (nSPS) is 21.2. The van der Waals surface area contributed by atoms with E-state index in [-0.39, 0.29) is 34.3 Å². The van der Waals surface area contributed by atoms with Crippen molar-refractivity contribution in [3.63, 3.8) is 0 Å². The van der Waals surface area contributed by atoms with Crippen molar-refractivity contribution in [2.45, 2.75) is 44.2 Å². The van der Waals surface area contributed by atoms with Crippen molar-refractivity contribution in [1.82, 2.24) is 10.3 Å². The molecule has 0 radical (unpaired) electrons. The number of carbonyl (C=O) groups excluding carboxylic acids is 1. The van der Waals surface area contributed by atoms with Crippen molar-refractivity contribution >= 4 is 11.6 Å². The quantitative estimate of drug-likeness (QED) is 0.806. The van der Waals surface area contributed by atoms with Gasteiger partial charge in [0.05, 0.1) is 11.3 Å². The third-order valence-corrected chi connectivity index (χ3v) is 5.81. The van der Waals surface area contributed by atoms with Crippen LogP contribution in [0.1, 0.15) is 48.7 Å². The van der Waals surface area contributed by atoms with Crippen molar-refractivity contribution in [2.75, 3.05) is 18.0 Å². The molecule has 2 aliphatic rings. The number of nitriles is 1. The van der Waals surface area contributed by atoms with E-state index in [1.165, 1.54) is 6.20 Å². The van der Waals surface area contributed by atoms with Gasteiger partial charge in [0.1, 0.15) is 23.4 Å². The Labute approximate surface area is 173 Å². The lowest BCUT2D eigenvalue weighted by atomic mass is 9.92. The fourth-order valence-electron chi connectivity index (χ4n) is 4.04. The minimum atomic E-state index is -0.769. The maximum atomic E-state index is 14.0. The van der Waals surface area contributed by atoms with E-state index in [2.05, 4.69) is 10.3 Å². The molecule has 0 bridgehead atoms. The van der Waals surface area contributed by atoms with Gasteiger partial charge in [-0.15, -0.1) is 0 Å². The molecular weight excluding hydrogens is 388 g/mol. The molecule has 0 spiro atoms. The minimum Gasteiger partial charge on any atom is -0.368 e. The summed E-state index contributed by atoms with van der Waals surface area (Å²) in [6, 6.07) is 5.17. The smallest absolute Gasteiger partial charge is 0.255 e. The maximum absolute atomic E-state index is 14.0. The molecular formula is C22H23F2N5O. The summed E-state index contributed by atoms with van der Waals surface area (Å²) in [7, 11) is 0. The van der Waals surface area contributed by atoms with Crippen LogP contribution in [0.15, 0.2) is 24.4 Å². The first-order valence-electron chi connectivity index (χ1n) is 10.0. The number of amides is 1. The van der Waals surface area contributed by atoms with Gasteiger partial charge >= 0.3 is 0 Å². The molecule has 1 atom stereocenters. The molecule has 1 aliphatic carbocycles. The predicted octanol–water partition coefficient (Wildman–Crippen LogP) is 3.11. The molecule has 1 aliphatic heterocycles. The fraction of sp³-hybridized carbons (Fsp3) is 0.409. The number of hydrogen-bond donors (Lipinski definition) is 2. The Balaban J connectivity index is 1.91. The maximum Gasteiger partial charge on any atom is 0.255 e. The first-order valence-corrected chi connectivity index (χ1v) is 10.0. The third-order valence-electron chi connectivity index (χ3n) is 5.81. The van der Waals surface area contributed by atoms with Gasteiger partial charge in [-0.3, -0.25) is 4.79 Å². The molecule has 0 unspecified atom stereocenters. The molecule has 8 heteroatoms. The topological polar surface area (TPSA) is 95.0 Å². The lowest BCUT2D eigenvalue weighted by molar-refractivity contribution is 0.0917. The number of aromatic nitrogens is 1. The zero-order valence-electron chi connectivity index (χ0n) is 16.7. The number of carbonyl (C=O) groups is 1. The van der Waals surface area contributed by atoms with Crippen molar-refractivity contribution < 1.29 is 13.6 Å². The molecule has 1 aromatic carbocycles. The third kappa shape index (κ3) is 3.85. The Bertz CT molecular complexity index is 1020. The molecule has 1 aromatic heterocycles. The van der Waals surface area contributed by atoms with Crippen LogP contribution in [-0.4, -0.2) is 35.6 Å². The van der Waals surface area contributed by atoms with Crippen LogP contribution < -0.4 is 16.0 Å². The number of nitrogens with two attached hydrogens (primary N) is 1. The van der Waals surface area contributed by atoms with Gasteiger partial charge in [0.15, 0.2) is 0 Å². The van der Waals surface area contributed by atoms with E-state index in [1.54, 1.807) is 0 Å². The van der Waals surface area contributed by atoms with Crippen LogP contribution in [0.5, 0.6) is 0 Å². The lowest BCUT2D eigenvalue weighted by Gasteiger charge is -2.29. The van der Waals surface area contributed by atoms with E-state index < -0.39 is 17.2 Å². The molecule has 1 amide bonds. The summed E-state index contributed by atoms with van der Waals surface area (Å²) in [5, 5.41) is 12.7. The highest BCUT2D eigenvalue weighted by Crippen LogP contribution is 2.39. The summed E-state index contributed by atoms with van der Waals surface area (Å²) < 4.78 is 28.0. The molecule has 6 nitrogen and oxygen atoms in total. The van der Waals surface area contributed by atoms with E-state index in [1.807, 2.05) is 17.9 Å². The van der Waals surface area contributed by atoms with Crippen molar-refractivity contribution in [3.8, 4) is 17.2 Å². The molecule has 4 rings (SSSR count). The van der Waals surface area contributed by atoms with Crippen LogP contribution >= 0.6 is 0 Å². The SMILES string of the molecule is C[C@]1(N)CCN(c2c(C(=O)NC3CCC3)cnc(C#N)c2-c2cc(F)cc(F)c2)C1. The van der Waals surface area contributed by atoms with Crippen LogP contribution in [0.2, 0.25) is 0 Å². The first kappa shape index (κ1) is 20.2. The molecule has 3 N–H and O–H groups in total. The van der Waals surface area contributed by atoms with E-state index >= 15 is 0 Å². The number of nitrogens with one attached hydrogen (secondary N) is 1. The number of halogens is 2. The van der Waals surface area contributed by atoms with E-state index in [4.69, 9.17) is 5.73 Å². The summed E-state index contributed by atoms with van der Waals surface area (Å²) in [6.07, 6.45) is 4.94. The molecule has 156 valence electrons. The van der Waals surface area contributed by atoms with Gasteiger partial charge < -0.3 is 16.0 Å². The van der Waals surface area contributed by atoms with Crippen LogP contribution in [0.3, 0.4) is 0 Å². The van der Waals surface area contributed by atoms with Gasteiger partial charge in [-0.05, 0) is 50.3 Å². The number of anilines is 1. The second-order valence-electron chi connectivity index (χ2n) is 8.44. The van der Waals surface area contributed by atoms with Crippen LogP contribution in [-0.2, 0) is 0 Å². The average Bonchev–Trinajstić information content (AvgIpc) is 3.02. The van der Waals surface area contributed by atoms with Gasteiger partial charge in [-0.2, -0.15) is 5.26 Å². The van der Waals surface area contributed by atoms with Gasteiger partial charge in [-0.1, -0.05) is 0 Å². The summed E-state index contributed by atoms with van der Waals surface area (Å²) in [4.78, 5) is 19.1. The van der Waals surface area contributed by atoms with Gasteiger partial charge in [0, 0.05) is 42.5 Å². The highest BCUT2D eigenvalue weighted by molar-refractivity contribution is 6.04. The average molecular weight is 411 g/mol. The number of rotatable bonds is 4. The summed E-state index contributed by atoms with van der Waals surface area (Å²) in [5.41, 5.74) is 6.95. The highest BCUT2D eigenvalue weighted by atomic mass is 19.1. The summed E-state index contributed by atoms with van der Waals surface area (Å²) in [5.74, 6) is -1.85. The molecule has 30 heavy (non-hydrogen) atoms. The van der Waals surface area contributed by atoms with Crippen LogP contribution in [0, 0.1) is 23.0 Å². The number of nitrogens with zero attached hydrogens (tertiary/aromatic N) is 3. The highest BCUT2D eigenvalue weighted by Gasteiger charge is 2.35. The van der Waals surface area contributed by atoms with E-state index in [0.717, 1.165) is 37.5 Å². The van der Waals surface area contributed by atoms with Crippen LogP contribution in [0.4, 0.5) is 14.5 Å². The van der Waals surface area contributed by atoms with Crippen molar-refractivity contribution in [2.24, 2.45) is 5.73 Å². The molecule has 2 aromatic rings. The zero-order valence-corrected chi connectivity index (χ0v) is 16.7. The Morgan fingerprint density at radius 1 is 1.33 bits per heavy atom. The molecule has 2 heterocycles. The largest absolute Gasteiger partial charge is 0.368 e. The van der Waals surface area contributed by atoms with Crippen molar-refractivity contribution in [1.29, 1.82) is 5.26 Å². The Kier molecular flexibility index (Phi) is 5.16. The Morgan fingerprint density at radius 3 is 2.57 bits per heavy atom. The first-order chi connectivity index (χ1) is 14.3. The standard InChI is InChI=1S/C22H23F2N5O/c1-22(26)5-6-29(12-22)20-17(21(30)28-16-3-2-4-16)11-27-18(10-25)19(20)13-7-14(23)9-15(24)8-13/h7-9,11,16H,2-6,12,26H2,1H3,(H,28,30)/t22-/m0/s1. The Morgan fingerprint density at radius 2 is 2.03 bits per heavy atom. The van der Waals surface area contributed by atoms with E-state index in [0.29, 0.717) is 25.2 Å². The van der Waals surface area contributed by atoms with Gasteiger partial charge in [-0.25, -0.2) is 13.8 Å². The fourth-order valence-corrected chi connectivity index (χ4v) is 4.04. The number of hydrogen-bond acceptors (Lipinski definition) is 5. The summed E-state index contributed by atoms with van der Waals surface area (Å²) in [6.45, 7) is 2.90. The van der Waals surface area contributed by atoms with Gasteiger partial charge in [0.2, 0.25) is 0 Å². The van der Waals surface area contributed by atoms with E-state index in [9.17, 15) is 18.8 Å². The Hall–Kier alpha value is -3.05. The number of pyridine rings is 1. The second-order valence-corrected chi connectivity index (χ2v) is 8.44. The molecule has 1 saturated carbocycles. The zero-order chi connectivity index (χ0) is 21.5. The second kappa shape index (κ2) is 7.65. The summed E-state index contributed by atoms with van der Waals surface area (Å²) >= 11 is 0. The minimum absolute atomic E-state index is 0.000758. The molecule has 1 saturated heterocycles. The number of benzene rings is 1. The monoisotopic (exact) mass is 411 g/mol. The van der Waals surface area contributed by atoms with Crippen molar-refractivity contribution in [3.05, 3.63) is 47.3 Å².